The van der Waals surface area contributed by atoms with Crippen molar-refractivity contribution in [1.29, 1.82) is 0 Å². The Morgan fingerprint density at radius 1 is 1.35 bits per heavy atom. The van der Waals surface area contributed by atoms with E-state index in [1.165, 1.54) is 17.5 Å². The summed E-state index contributed by atoms with van der Waals surface area (Å²) in [5, 5.41) is 2.93. The van der Waals surface area contributed by atoms with Gasteiger partial charge in [0.15, 0.2) is 0 Å². The summed E-state index contributed by atoms with van der Waals surface area (Å²) in [6.45, 7) is 1.84. The second-order valence-electron chi connectivity index (χ2n) is 4.82. The topological polar surface area (TPSA) is 41.5 Å². The molecule has 1 amide bonds. The van der Waals surface area contributed by atoms with E-state index in [-0.39, 0.29) is 17.9 Å². The summed E-state index contributed by atoms with van der Waals surface area (Å²) in [6, 6.07) is 8.27. The Morgan fingerprint density at radius 2 is 2.18 bits per heavy atom. The number of carbonyl (C=O) groups excluding carboxylic acids is 1. The molecule has 0 saturated heterocycles. The number of nitrogens with zero attached hydrogens (tertiary/aromatic N) is 1. The van der Waals surface area contributed by atoms with Gasteiger partial charge in [-0.1, -0.05) is 24.3 Å². The zero-order valence-electron chi connectivity index (χ0n) is 9.94. The summed E-state index contributed by atoms with van der Waals surface area (Å²) in [5.74, 6) is 1.19. The Labute approximate surface area is 101 Å². The molecule has 2 unspecified atom stereocenters. The maximum absolute atomic E-state index is 11.5. The summed E-state index contributed by atoms with van der Waals surface area (Å²) in [6.07, 6.45) is 3.40. The largest absolute Gasteiger partial charge is 0.312 e. The molecule has 0 fully saturated rings. The number of nitrogens with one attached hydrogen (secondary N) is 1. The van der Waals surface area contributed by atoms with Gasteiger partial charge in [0.2, 0.25) is 5.91 Å². The number of amides is 1. The van der Waals surface area contributed by atoms with E-state index in [2.05, 4.69) is 34.6 Å². The number of hydrogen-bond acceptors (Lipinski definition) is 2. The van der Waals surface area contributed by atoms with Crippen LogP contribution in [-0.4, -0.2) is 17.8 Å². The van der Waals surface area contributed by atoms with Crippen LogP contribution in [0.25, 0.3) is 0 Å². The van der Waals surface area contributed by atoms with Gasteiger partial charge >= 0.3 is 0 Å². The highest BCUT2D eigenvalue weighted by Gasteiger charge is 2.31. The minimum Gasteiger partial charge on any atom is -0.312 e. The molecular weight excluding hydrogens is 212 g/mol. The van der Waals surface area contributed by atoms with Gasteiger partial charge in [0.25, 0.3) is 0 Å². The zero-order chi connectivity index (χ0) is 11.8. The molecule has 1 heterocycles. The molecule has 3 heteroatoms. The average molecular weight is 228 g/mol. The molecule has 88 valence electrons. The van der Waals surface area contributed by atoms with Crippen LogP contribution in [0.2, 0.25) is 0 Å². The number of aliphatic imine (C=N–C) groups is 1. The van der Waals surface area contributed by atoms with E-state index in [1.54, 1.807) is 0 Å². The maximum Gasteiger partial charge on any atom is 0.249 e. The molecule has 1 aliphatic carbocycles. The summed E-state index contributed by atoms with van der Waals surface area (Å²) < 4.78 is 0. The van der Waals surface area contributed by atoms with E-state index in [9.17, 15) is 4.79 Å². The van der Waals surface area contributed by atoms with Crippen molar-refractivity contribution in [2.24, 2.45) is 4.99 Å². The van der Waals surface area contributed by atoms with Crippen LogP contribution in [0, 0.1) is 0 Å². The predicted octanol–water partition coefficient (Wildman–Crippen LogP) is 2.02. The average Bonchev–Trinajstić information content (AvgIpc) is 2.69. The molecule has 0 radical (unpaired) electrons. The number of fused-ring (bicyclic) bond motifs is 1. The van der Waals surface area contributed by atoms with Crippen LogP contribution in [0.1, 0.15) is 36.8 Å². The molecule has 0 spiro atoms. The molecule has 1 N–H and O–H groups in total. The van der Waals surface area contributed by atoms with Crippen LogP contribution < -0.4 is 5.32 Å². The summed E-state index contributed by atoms with van der Waals surface area (Å²) in [5.41, 5.74) is 2.74. The van der Waals surface area contributed by atoms with Gasteiger partial charge in [0, 0.05) is 5.92 Å². The number of hydrogen-bond donors (Lipinski definition) is 1. The molecule has 1 aromatic rings. The van der Waals surface area contributed by atoms with E-state index in [0.717, 1.165) is 18.7 Å². The van der Waals surface area contributed by atoms with E-state index in [4.69, 9.17) is 0 Å². The summed E-state index contributed by atoms with van der Waals surface area (Å²) in [4.78, 5) is 16.0. The maximum atomic E-state index is 11.5. The number of benzene rings is 1. The SMILES string of the molecule is CC1N=C(C2CCCc3ccccc32)NC1=O. The second-order valence-corrected chi connectivity index (χ2v) is 4.82. The number of rotatable bonds is 1. The van der Waals surface area contributed by atoms with E-state index < -0.39 is 0 Å². The lowest BCUT2D eigenvalue weighted by Crippen LogP contribution is -2.32. The van der Waals surface area contributed by atoms with Crippen molar-refractivity contribution < 1.29 is 4.79 Å². The van der Waals surface area contributed by atoms with Gasteiger partial charge in [0.1, 0.15) is 11.9 Å². The first-order valence-corrected chi connectivity index (χ1v) is 6.22. The normalized spacial score (nSPS) is 27.4. The van der Waals surface area contributed by atoms with Crippen molar-refractivity contribution in [3.8, 4) is 0 Å². The Bertz CT molecular complexity index is 493. The van der Waals surface area contributed by atoms with Crippen molar-refractivity contribution in [3.63, 3.8) is 0 Å². The fourth-order valence-electron chi connectivity index (χ4n) is 2.75. The van der Waals surface area contributed by atoms with Crippen molar-refractivity contribution in [2.45, 2.75) is 38.1 Å². The number of amidine groups is 1. The second kappa shape index (κ2) is 3.99. The summed E-state index contributed by atoms with van der Waals surface area (Å²) in [7, 11) is 0. The molecule has 1 aromatic carbocycles. The minimum atomic E-state index is -0.223. The third-order valence-electron chi connectivity index (χ3n) is 3.66. The molecule has 0 saturated carbocycles. The van der Waals surface area contributed by atoms with E-state index in [1.807, 2.05) is 6.92 Å². The van der Waals surface area contributed by atoms with Gasteiger partial charge in [-0.05, 0) is 37.3 Å². The molecule has 2 atom stereocenters. The van der Waals surface area contributed by atoms with E-state index >= 15 is 0 Å². The van der Waals surface area contributed by atoms with Gasteiger partial charge in [-0.2, -0.15) is 0 Å². The first-order chi connectivity index (χ1) is 8.25. The van der Waals surface area contributed by atoms with Crippen LogP contribution in [0.15, 0.2) is 29.3 Å². The smallest absolute Gasteiger partial charge is 0.249 e. The lowest BCUT2D eigenvalue weighted by Gasteiger charge is -2.25. The van der Waals surface area contributed by atoms with Crippen molar-refractivity contribution >= 4 is 11.7 Å². The molecule has 3 rings (SSSR count). The van der Waals surface area contributed by atoms with Gasteiger partial charge < -0.3 is 5.32 Å². The quantitative estimate of drug-likeness (QED) is 0.785. The van der Waals surface area contributed by atoms with Crippen LogP contribution in [0.4, 0.5) is 0 Å². The fraction of sp³-hybridized carbons (Fsp3) is 0.429. The molecular formula is C14H16N2O. The van der Waals surface area contributed by atoms with Gasteiger partial charge in [-0.25, -0.2) is 0 Å². The third kappa shape index (κ3) is 1.75. The Kier molecular flexibility index (Phi) is 2.46. The highest BCUT2D eigenvalue weighted by Crippen LogP contribution is 2.33. The molecule has 1 aliphatic heterocycles. The molecule has 0 aromatic heterocycles. The first-order valence-electron chi connectivity index (χ1n) is 6.22. The predicted molar refractivity (Wildman–Crippen MR) is 67.2 cm³/mol. The zero-order valence-corrected chi connectivity index (χ0v) is 9.94. The van der Waals surface area contributed by atoms with Gasteiger partial charge in [-0.15, -0.1) is 0 Å². The van der Waals surface area contributed by atoms with Crippen molar-refractivity contribution in [1.82, 2.24) is 5.32 Å². The Morgan fingerprint density at radius 3 is 2.94 bits per heavy atom. The van der Waals surface area contributed by atoms with Crippen molar-refractivity contribution in [2.75, 3.05) is 0 Å². The number of aryl methyl sites for hydroxylation is 1. The standard InChI is InChI=1S/C14H16N2O/c1-9-14(17)16-13(15-9)12-8-4-6-10-5-2-3-7-11(10)12/h2-3,5,7,9,12H,4,6,8H2,1H3,(H,15,16,17). The van der Waals surface area contributed by atoms with E-state index in [0.29, 0.717) is 0 Å². The minimum absolute atomic E-state index is 0.0306. The third-order valence-corrected chi connectivity index (χ3v) is 3.66. The lowest BCUT2D eigenvalue weighted by atomic mass is 9.82. The molecule has 2 aliphatic rings. The molecule has 17 heavy (non-hydrogen) atoms. The summed E-state index contributed by atoms with van der Waals surface area (Å²) >= 11 is 0. The van der Waals surface area contributed by atoms with Gasteiger partial charge in [0.05, 0.1) is 0 Å². The molecule has 3 nitrogen and oxygen atoms in total. The number of carbonyl (C=O) groups is 1. The van der Waals surface area contributed by atoms with Crippen LogP contribution >= 0.6 is 0 Å². The van der Waals surface area contributed by atoms with Crippen LogP contribution in [-0.2, 0) is 11.2 Å². The highest BCUT2D eigenvalue weighted by molar-refractivity contribution is 6.08. The monoisotopic (exact) mass is 228 g/mol. The highest BCUT2D eigenvalue weighted by atomic mass is 16.2. The Balaban J connectivity index is 1.96. The molecule has 0 bridgehead atoms. The lowest BCUT2D eigenvalue weighted by molar-refractivity contribution is -0.119. The Hall–Kier alpha value is -1.64. The van der Waals surface area contributed by atoms with Crippen molar-refractivity contribution in [3.05, 3.63) is 35.4 Å². The van der Waals surface area contributed by atoms with Gasteiger partial charge in [-0.3, -0.25) is 9.79 Å². The van der Waals surface area contributed by atoms with Crippen LogP contribution in [0.3, 0.4) is 0 Å². The fourth-order valence-corrected chi connectivity index (χ4v) is 2.75. The van der Waals surface area contributed by atoms with Crippen LogP contribution in [0.5, 0.6) is 0 Å². The first kappa shape index (κ1) is 10.5.